The number of benzene rings is 1. The zero-order chi connectivity index (χ0) is 14.2. The standard InChI is InChI=1S/C15H20BrNO3/c16-13-5-3-12(4-6-13)10-17-15(18)7-9-19-11-14-2-1-8-20-14/h3-6,14H,1-2,7-11H2,(H,17,18). The van der Waals surface area contributed by atoms with Gasteiger partial charge in [0.05, 0.1) is 19.3 Å². The van der Waals surface area contributed by atoms with Crippen molar-refractivity contribution in [3.63, 3.8) is 0 Å². The van der Waals surface area contributed by atoms with Gasteiger partial charge in [0.1, 0.15) is 0 Å². The molecule has 1 unspecified atom stereocenters. The van der Waals surface area contributed by atoms with Crippen molar-refractivity contribution in [1.29, 1.82) is 0 Å². The van der Waals surface area contributed by atoms with E-state index in [2.05, 4.69) is 21.2 Å². The smallest absolute Gasteiger partial charge is 0.222 e. The van der Waals surface area contributed by atoms with Gasteiger partial charge in [-0.15, -0.1) is 0 Å². The van der Waals surface area contributed by atoms with Crippen molar-refractivity contribution in [1.82, 2.24) is 5.32 Å². The van der Waals surface area contributed by atoms with Crippen molar-refractivity contribution in [2.45, 2.75) is 31.9 Å². The Morgan fingerprint density at radius 2 is 2.20 bits per heavy atom. The maximum absolute atomic E-state index is 11.6. The number of amides is 1. The van der Waals surface area contributed by atoms with E-state index in [0.29, 0.717) is 26.2 Å². The summed E-state index contributed by atoms with van der Waals surface area (Å²) in [5, 5.41) is 2.88. The molecule has 0 bridgehead atoms. The van der Waals surface area contributed by atoms with Crippen molar-refractivity contribution in [3.05, 3.63) is 34.3 Å². The lowest BCUT2D eigenvalue weighted by atomic mass is 10.2. The van der Waals surface area contributed by atoms with E-state index in [0.717, 1.165) is 29.5 Å². The third-order valence-electron chi connectivity index (χ3n) is 3.20. The molecule has 0 spiro atoms. The average Bonchev–Trinajstić information content (AvgIpc) is 2.96. The van der Waals surface area contributed by atoms with E-state index in [9.17, 15) is 4.79 Å². The Bertz CT molecular complexity index is 416. The SMILES string of the molecule is O=C(CCOCC1CCCO1)NCc1ccc(Br)cc1. The molecule has 0 radical (unpaired) electrons. The largest absolute Gasteiger partial charge is 0.378 e. The van der Waals surface area contributed by atoms with Crippen LogP contribution in [0.2, 0.25) is 0 Å². The summed E-state index contributed by atoms with van der Waals surface area (Å²) in [5.74, 6) is 0.0141. The highest BCUT2D eigenvalue weighted by Crippen LogP contribution is 2.12. The molecule has 2 rings (SSSR count). The van der Waals surface area contributed by atoms with Gasteiger partial charge in [0, 0.05) is 24.0 Å². The number of hydrogen-bond donors (Lipinski definition) is 1. The lowest BCUT2D eigenvalue weighted by Gasteiger charge is -2.10. The minimum atomic E-state index is 0.0141. The van der Waals surface area contributed by atoms with E-state index >= 15 is 0 Å². The van der Waals surface area contributed by atoms with Crippen LogP contribution in [0.4, 0.5) is 0 Å². The van der Waals surface area contributed by atoms with E-state index in [-0.39, 0.29) is 12.0 Å². The second kappa shape index (κ2) is 8.39. The fourth-order valence-corrected chi connectivity index (χ4v) is 2.31. The van der Waals surface area contributed by atoms with Crippen LogP contribution in [0, 0.1) is 0 Å². The first-order chi connectivity index (χ1) is 9.74. The van der Waals surface area contributed by atoms with E-state index in [1.54, 1.807) is 0 Å². The zero-order valence-corrected chi connectivity index (χ0v) is 13.0. The molecule has 1 fully saturated rings. The Labute approximate surface area is 128 Å². The first kappa shape index (κ1) is 15.5. The molecule has 5 heteroatoms. The number of ether oxygens (including phenoxy) is 2. The summed E-state index contributed by atoms with van der Waals surface area (Å²) in [5.41, 5.74) is 1.09. The number of carbonyl (C=O) groups excluding carboxylic acids is 1. The first-order valence-corrected chi connectivity index (χ1v) is 7.74. The van der Waals surface area contributed by atoms with Crippen LogP contribution in [0.5, 0.6) is 0 Å². The molecule has 1 aliphatic heterocycles. The predicted molar refractivity (Wildman–Crippen MR) is 80.4 cm³/mol. The van der Waals surface area contributed by atoms with Gasteiger partial charge in [-0.1, -0.05) is 28.1 Å². The molecule has 1 aliphatic rings. The Morgan fingerprint density at radius 3 is 2.90 bits per heavy atom. The van der Waals surface area contributed by atoms with Crippen molar-refractivity contribution >= 4 is 21.8 Å². The molecule has 0 saturated carbocycles. The summed E-state index contributed by atoms with van der Waals surface area (Å²) in [6.45, 7) is 2.44. The number of hydrogen-bond acceptors (Lipinski definition) is 3. The molecule has 4 nitrogen and oxygen atoms in total. The van der Waals surface area contributed by atoms with Gasteiger partial charge in [-0.25, -0.2) is 0 Å². The van der Waals surface area contributed by atoms with Crippen LogP contribution < -0.4 is 5.32 Å². The number of halogens is 1. The molecule has 0 aromatic heterocycles. The van der Waals surface area contributed by atoms with E-state index in [1.807, 2.05) is 24.3 Å². The minimum absolute atomic E-state index is 0.0141. The Hall–Kier alpha value is -0.910. The van der Waals surface area contributed by atoms with Crippen LogP contribution in [-0.4, -0.2) is 31.8 Å². The van der Waals surface area contributed by atoms with Gasteiger partial charge in [0.15, 0.2) is 0 Å². The molecule has 1 heterocycles. The number of carbonyl (C=O) groups is 1. The highest BCUT2D eigenvalue weighted by atomic mass is 79.9. The molecule has 0 aliphatic carbocycles. The maximum atomic E-state index is 11.6. The van der Waals surface area contributed by atoms with Gasteiger partial charge in [0.2, 0.25) is 5.91 Å². The molecule has 1 N–H and O–H groups in total. The van der Waals surface area contributed by atoms with Crippen LogP contribution in [0.1, 0.15) is 24.8 Å². The first-order valence-electron chi connectivity index (χ1n) is 6.94. The normalized spacial score (nSPS) is 18.1. The molecule has 1 amide bonds. The molecule has 1 aromatic rings. The summed E-state index contributed by atoms with van der Waals surface area (Å²) in [4.78, 5) is 11.6. The third-order valence-corrected chi connectivity index (χ3v) is 3.73. The number of rotatable bonds is 7. The third kappa shape index (κ3) is 5.61. The fourth-order valence-electron chi connectivity index (χ4n) is 2.05. The van der Waals surface area contributed by atoms with E-state index in [1.165, 1.54) is 0 Å². The second-order valence-electron chi connectivity index (χ2n) is 4.86. The minimum Gasteiger partial charge on any atom is -0.378 e. The zero-order valence-electron chi connectivity index (χ0n) is 11.4. The predicted octanol–water partition coefficient (Wildman–Crippen LogP) is 2.65. The molecular formula is C15H20BrNO3. The Balaban J connectivity index is 1.54. The molecular weight excluding hydrogens is 322 g/mol. The summed E-state index contributed by atoms with van der Waals surface area (Å²) < 4.78 is 11.9. The van der Waals surface area contributed by atoms with Gasteiger partial charge in [-0.3, -0.25) is 4.79 Å². The molecule has 110 valence electrons. The van der Waals surface area contributed by atoms with Gasteiger partial charge in [-0.2, -0.15) is 0 Å². The topological polar surface area (TPSA) is 47.6 Å². The van der Waals surface area contributed by atoms with Gasteiger partial charge in [0.25, 0.3) is 0 Å². The molecule has 1 aromatic carbocycles. The van der Waals surface area contributed by atoms with Gasteiger partial charge < -0.3 is 14.8 Å². The van der Waals surface area contributed by atoms with Gasteiger partial charge >= 0.3 is 0 Å². The van der Waals surface area contributed by atoms with Crippen LogP contribution >= 0.6 is 15.9 Å². The van der Waals surface area contributed by atoms with Crippen LogP contribution in [0.25, 0.3) is 0 Å². The fraction of sp³-hybridized carbons (Fsp3) is 0.533. The highest BCUT2D eigenvalue weighted by Gasteiger charge is 2.15. The summed E-state index contributed by atoms with van der Waals surface area (Å²) >= 11 is 3.38. The average molecular weight is 342 g/mol. The van der Waals surface area contributed by atoms with Crippen molar-refractivity contribution in [2.24, 2.45) is 0 Å². The Morgan fingerprint density at radius 1 is 1.40 bits per heavy atom. The quantitative estimate of drug-likeness (QED) is 0.775. The van der Waals surface area contributed by atoms with Gasteiger partial charge in [-0.05, 0) is 30.5 Å². The van der Waals surface area contributed by atoms with Crippen molar-refractivity contribution in [2.75, 3.05) is 19.8 Å². The summed E-state index contributed by atoms with van der Waals surface area (Å²) in [6.07, 6.45) is 2.79. The lowest BCUT2D eigenvalue weighted by molar-refractivity contribution is -0.122. The van der Waals surface area contributed by atoms with Crippen LogP contribution in [0.15, 0.2) is 28.7 Å². The van der Waals surface area contributed by atoms with Crippen LogP contribution in [0.3, 0.4) is 0 Å². The van der Waals surface area contributed by atoms with E-state index in [4.69, 9.17) is 9.47 Å². The van der Waals surface area contributed by atoms with E-state index < -0.39 is 0 Å². The molecule has 1 saturated heterocycles. The molecule has 20 heavy (non-hydrogen) atoms. The molecule has 1 atom stereocenters. The summed E-state index contributed by atoms with van der Waals surface area (Å²) in [6, 6.07) is 7.90. The maximum Gasteiger partial charge on any atom is 0.222 e. The lowest BCUT2D eigenvalue weighted by Crippen LogP contribution is -2.24. The Kier molecular flexibility index (Phi) is 6.50. The van der Waals surface area contributed by atoms with Crippen molar-refractivity contribution in [3.8, 4) is 0 Å². The number of nitrogens with one attached hydrogen (secondary N) is 1. The monoisotopic (exact) mass is 341 g/mol. The second-order valence-corrected chi connectivity index (χ2v) is 5.78. The van der Waals surface area contributed by atoms with Crippen molar-refractivity contribution < 1.29 is 14.3 Å². The van der Waals surface area contributed by atoms with Crippen LogP contribution in [-0.2, 0) is 20.8 Å². The summed E-state index contributed by atoms with van der Waals surface area (Å²) in [7, 11) is 0. The highest BCUT2D eigenvalue weighted by molar-refractivity contribution is 9.10.